The number of nitrogens with one attached hydrogen (secondary N) is 1. The summed E-state index contributed by atoms with van der Waals surface area (Å²) in [7, 11) is 1.60. The summed E-state index contributed by atoms with van der Waals surface area (Å²) in [6, 6.07) is 3.68. The van der Waals surface area contributed by atoms with E-state index in [2.05, 4.69) is 5.32 Å². The van der Waals surface area contributed by atoms with Crippen molar-refractivity contribution in [2.45, 2.75) is 31.8 Å². The van der Waals surface area contributed by atoms with Crippen molar-refractivity contribution in [1.82, 2.24) is 10.2 Å². The van der Waals surface area contributed by atoms with Gasteiger partial charge in [-0.15, -0.1) is 0 Å². The van der Waals surface area contributed by atoms with Gasteiger partial charge in [-0.1, -0.05) is 23.7 Å². The number of halogens is 2. The van der Waals surface area contributed by atoms with E-state index in [-0.39, 0.29) is 16.8 Å². The van der Waals surface area contributed by atoms with E-state index in [4.69, 9.17) is 11.6 Å². The van der Waals surface area contributed by atoms with Crippen LogP contribution < -0.4 is 5.32 Å². The Labute approximate surface area is 121 Å². The van der Waals surface area contributed by atoms with Crippen molar-refractivity contribution in [3.8, 4) is 0 Å². The van der Waals surface area contributed by atoms with Crippen LogP contribution in [0.15, 0.2) is 18.2 Å². The Morgan fingerprint density at radius 1 is 1.55 bits per heavy atom. The smallest absolute Gasteiger partial charge is 0.243 e. The van der Waals surface area contributed by atoms with Crippen LogP contribution in [-0.2, 0) is 9.59 Å². The lowest BCUT2D eigenvalue weighted by atomic mass is 10.1. The third kappa shape index (κ3) is 2.77. The van der Waals surface area contributed by atoms with E-state index in [1.165, 1.54) is 11.0 Å². The van der Waals surface area contributed by atoms with Gasteiger partial charge in [0.1, 0.15) is 11.9 Å². The Kier molecular flexibility index (Phi) is 4.28. The Morgan fingerprint density at radius 2 is 2.25 bits per heavy atom. The first-order chi connectivity index (χ1) is 9.41. The highest BCUT2D eigenvalue weighted by Gasteiger charge is 2.33. The zero-order valence-electron chi connectivity index (χ0n) is 11.3. The molecule has 1 aromatic carbocycles. The molecule has 1 aliphatic heterocycles. The number of nitrogens with zero attached hydrogens (tertiary/aromatic N) is 1. The molecule has 1 heterocycles. The summed E-state index contributed by atoms with van der Waals surface area (Å²) in [5, 5.41) is 2.75. The number of hydrogen-bond acceptors (Lipinski definition) is 2. The van der Waals surface area contributed by atoms with Gasteiger partial charge < -0.3 is 10.2 Å². The Morgan fingerprint density at radius 3 is 2.85 bits per heavy atom. The molecule has 6 heteroatoms. The molecular weight excluding hydrogens is 283 g/mol. The largest absolute Gasteiger partial charge is 0.348 e. The third-order valence-corrected chi connectivity index (χ3v) is 3.89. The van der Waals surface area contributed by atoms with Gasteiger partial charge in [-0.2, -0.15) is 0 Å². The predicted octanol–water partition coefficient (Wildman–Crippen LogP) is 2.28. The quantitative estimate of drug-likeness (QED) is 0.931. The maximum absolute atomic E-state index is 13.9. The summed E-state index contributed by atoms with van der Waals surface area (Å²) < 4.78 is 13.9. The zero-order valence-corrected chi connectivity index (χ0v) is 12.1. The lowest BCUT2D eigenvalue weighted by Gasteiger charge is -2.22. The molecule has 0 spiro atoms. The van der Waals surface area contributed by atoms with Gasteiger partial charge in [0, 0.05) is 19.0 Å². The van der Waals surface area contributed by atoms with Gasteiger partial charge in [0.2, 0.25) is 11.8 Å². The first kappa shape index (κ1) is 14.8. The zero-order chi connectivity index (χ0) is 14.9. The predicted molar refractivity (Wildman–Crippen MR) is 73.8 cm³/mol. The Hall–Kier alpha value is -1.62. The molecule has 4 nitrogen and oxygen atoms in total. The number of amides is 2. The number of likely N-dealkylation sites (tertiary alicyclic amines) is 1. The van der Waals surface area contributed by atoms with E-state index in [1.54, 1.807) is 26.1 Å². The maximum Gasteiger partial charge on any atom is 0.243 e. The van der Waals surface area contributed by atoms with Crippen molar-refractivity contribution in [3.63, 3.8) is 0 Å². The van der Waals surface area contributed by atoms with Crippen LogP contribution in [0.4, 0.5) is 4.39 Å². The highest BCUT2D eigenvalue weighted by atomic mass is 35.5. The van der Waals surface area contributed by atoms with Crippen LogP contribution in [0.25, 0.3) is 0 Å². The fraction of sp³-hybridized carbons (Fsp3) is 0.429. The first-order valence-electron chi connectivity index (χ1n) is 6.41. The summed E-state index contributed by atoms with van der Waals surface area (Å²) in [4.78, 5) is 25.0. The van der Waals surface area contributed by atoms with Crippen molar-refractivity contribution < 1.29 is 14.0 Å². The summed E-state index contributed by atoms with van der Waals surface area (Å²) in [5.74, 6) is -0.852. The van der Waals surface area contributed by atoms with Crippen molar-refractivity contribution in [1.29, 1.82) is 0 Å². The second-order valence-electron chi connectivity index (χ2n) is 4.93. The van der Waals surface area contributed by atoms with Gasteiger partial charge in [0.25, 0.3) is 0 Å². The number of benzene rings is 1. The van der Waals surface area contributed by atoms with Crippen molar-refractivity contribution in [3.05, 3.63) is 34.6 Å². The second-order valence-corrected chi connectivity index (χ2v) is 5.34. The van der Waals surface area contributed by atoms with Gasteiger partial charge in [0.05, 0.1) is 11.1 Å². The molecule has 0 aliphatic carbocycles. The molecule has 20 heavy (non-hydrogen) atoms. The molecular formula is C14H16ClFN2O2. The maximum atomic E-state index is 13.9. The standard InChI is InChI=1S/C14H16ClFN2O2/c1-8(9-4-3-5-10(15)13(9)16)17-14(20)11-6-7-12(19)18(11)2/h3-5,8,11H,6-7H2,1-2H3,(H,17,20). The molecule has 0 radical (unpaired) electrons. The lowest BCUT2D eigenvalue weighted by Crippen LogP contribution is -2.43. The molecule has 1 saturated heterocycles. The molecule has 2 amide bonds. The number of hydrogen-bond donors (Lipinski definition) is 1. The Balaban J connectivity index is 2.08. The van der Waals surface area contributed by atoms with Gasteiger partial charge in [0.15, 0.2) is 0 Å². The fourth-order valence-electron chi connectivity index (χ4n) is 2.35. The molecule has 108 valence electrons. The molecule has 1 N–H and O–H groups in total. The molecule has 2 atom stereocenters. The van der Waals surface area contributed by atoms with E-state index in [0.717, 1.165) is 0 Å². The molecule has 0 saturated carbocycles. The van der Waals surface area contributed by atoms with Crippen LogP contribution in [0, 0.1) is 5.82 Å². The summed E-state index contributed by atoms with van der Waals surface area (Å²) in [6.45, 7) is 1.68. The monoisotopic (exact) mass is 298 g/mol. The average molecular weight is 299 g/mol. The van der Waals surface area contributed by atoms with E-state index in [9.17, 15) is 14.0 Å². The van der Waals surface area contributed by atoms with Crippen LogP contribution in [0.3, 0.4) is 0 Å². The first-order valence-corrected chi connectivity index (χ1v) is 6.79. The minimum absolute atomic E-state index is 0.0248. The van der Waals surface area contributed by atoms with Crippen LogP contribution in [0.1, 0.15) is 31.4 Å². The molecule has 0 aromatic heterocycles. The van der Waals surface area contributed by atoms with Crippen molar-refractivity contribution in [2.24, 2.45) is 0 Å². The van der Waals surface area contributed by atoms with E-state index < -0.39 is 17.9 Å². The van der Waals surface area contributed by atoms with Crippen LogP contribution in [0.5, 0.6) is 0 Å². The van der Waals surface area contributed by atoms with E-state index in [1.807, 2.05) is 0 Å². The average Bonchev–Trinajstić information content (AvgIpc) is 2.73. The fourth-order valence-corrected chi connectivity index (χ4v) is 2.54. The van der Waals surface area contributed by atoms with Crippen LogP contribution in [-0.4, -0.2) is 29.8 Å². The summed E-state index contributed by atoms with van der Waals surface area (Å²) >= 11 is 5.72. The normalized spacial score (nSPS) is 20.1. The van der Waals surface area contributed by atoms with Gasteiger partial charge in [-0.3, -0.25) is 9.59 Å². The van der Waals surface area contributed by atoms with E-state index >= 15 is 0 Å². The minimum Gasteiger partial charge on any atom is -0.348 e. The SMILES string of the molecule is CC(NC(=O)C1CCC(=O)N1C)c1cccc(Cl)c1F. The van der Waals surface area contributed by atoms with E-state index in [0.29, 0.717) is 18.4 Å². The lowest BCUT2D eigenvalue weighted by molar-refractivity contribution is -0.134. The number of carbonyl (C=O) groups is 2. The summed E-state index contributed by atoms with van der Waals surface area (Å²) in [5.41, 5.74) is 0.331. The minimum atomic E-state index is -0.530. The van der Waals surface area contributed by atoms with Crippen LogP contribution >= 0.6 is 11.6 Å². The summed E-state index contributed by atoms with van der Waals surface area (Å²) in [6.07, 6.45) is 0.862. The van der Waals surface area contributed by atoms with Gasteiger partial charge >= 0.3 is 0 Å². The van der Waals surface area contributed by atoms with Crippen molar-refractivity contribution >= 4 is 23.4 Å². The molecule has 2 rings (SSSR count). The molecule has 1 aromatic rings. The van der Waals surface area contributed by atoms with Gasteiger partial charge in [-0.25, -0.2) is 4.39 Å². The van der Waals surface area contributed by atoms with Crippen LogP contribution in [0.2, 0.25) is 5.02 Å². The molecule has 1 fully saturated rings. The number of likely N-dealkylation sites (N-methyl/N-ethyl adjacent to an activating group) is 1. The highest BCUT2D eigenvalue weighted by molar-refractivity contribution is 6.30. The Bertz CT molecular complexity index is 550. The number of carbonyl (C=O) groups excluding carboxylic acids is 2. The molecule has 2 unspecified atom stereocenters. The van der Waals surface area contributed by atoms with Crippen molar-refractivity contribution in [2.75, 3.05) is 7.05 Å². The third-order valence-electron chi connectivity index (χ3n) is 3.60. The topological polar surface area (TPSA) is 49.4 Å². The highest BCUT2D eigenvalue weighted by Crippen LogP contribution is 2.24. The number of rotatable bonds is 3. The molecule has 1 aliphatic rings. The molecule has 0 bridgehead atoms. The second kappa shape index (κ2) is 5.79. The van der Waals surface area contributed by atoms with Gasteiger partial charge in [-0.05, 0) is 19.4 Å².